The van der Waals surface area contributed by atoms with Gasteiger partial charge in [0.15, 0.2) is 11.5 Å². The molecule has 3 atom stereocenters. The average molecular weight is 787 g/mol. The van der Waals surface area contributed by atoms with Crippen LogP contribution in [0.2, 0.25) is 0 Å². The summed E-state index contributed by atoms with van der Waals surface area (Å²) >= 11 is 6.39. The number of hydrogen-bond donors (Lipinski definition) is 5. The second kappa shape index (κ2) is 16.1. The van der Waals surface area contributed by atoms with Gasteiger partial charge in [0.1, 0.15) is 24.3 Å². The summed E-state index contributed by atoms with van der Waals surface area (Å²) in [5, 5.41) is 10.6. The van der Waals surface area contributed by atoms with Gasteiger partial charge in [0.25, 0.3) is 5.91 Å². The van der Waals surface area contributed by atoms with Gasteiger partial charge in [0.05, 0.1) is 39.1 Å². The Labute approximate surface area is 299 Å². The number of ether oxygens (including phenoxy) is 3. The van der Waals surface area contributed by atoms with Crippen molar-refractivity contribution in [2.75, 3.05) is 58.4 Å². The number of aromatic nitrogens is 1. The zero-order valence-electron chi connectivity index (χ0n) is 27.6. The quantitative estimate of drug-likeness (QED) is 0.0324. The van der Waals surface area contributed by atoms with Crippen LogP contribution in [0, 0.1) is 0 Å². The van der Waals surface area contributed by atoms with Crippen molar-refractivity contribution in [3.63, 3.8) is 0 Å². The Bertz CT molecular complexity index is 2100. The van der Waals surface area contributed by atoms with Crippen molar-refractivity contribution >= 4 is 72.9 Å². The predicted molar refractivity (Wildman–Crippen MR) is 184 cm³/mol. The van der Waals surface area contributed by atoms with Crippen LogP contribution in [0.15, 0.2) is 42.5 Å². The van der Waals surface area contributed by atoms with E-state index in [0.717, 1.165) is 0 Å². The van der Waals surface area contributed by atoms with E-state index < -0.39 is 47.4 Å². The molecule has 52 heavy (non-hydrogen) atoms. The lowest BCUT2D eigenvalue weighted by Crippen LogP contribution is -2.43. The molecule has 280 valence electrons. The average Bonchev–Trinajstić information content (AvgIpc) is 3.71. The van der Waals surface area contributed by atoms with Crippen LogP contribution in [0.4, 0.5) is 10.5 Å². The molecule has 0 saturated heterocycles. The number of halogens is 1. The lowest BCUT2D eigenvalue weighted by Gasteiger charge is -2.21. The molecule has 19 nitrogen and oxygen atoms in total. The molecule has 1 aliphatic rings. The molecular formula is C30H33ClN4O15P2. The molecule has 2 unspecified atom stereocenters. The highest BCUT2D eigenvalue weighted by atomic mass is 35.5. The highest BCUT2D eigenvalue weighted by molar-refractivity contribution is 7.61. The van der Waals surface area contributed by atoms with Crippen LogP contribution in [0.25, 0.3) is 21.7 Å². The van der Waals surface area contributed by atoms with Gasteiger partial charge in [0, 0.05) is 41.7 Å². The van der Waals surface area contributed by atoms with E-state index in [2.05, 4.69) is 24.1 Å². The van der Waals surface area contributed by atoms with Gasteiger partial charge in [-0.3, -0.25) is 14.2 Å². The highest BCUT2D eigenvalue weighted by Gasteiger charge is 2.40. The zero-order chi connectivity index (χ0) is 37.8. The SMILES string of the molecule is COc1cc2cc(C(=O)N3C[C@@H](CCl)c4c3cc(OP(=O)(O)OP(=O)(O)OCCNN(OCC=O)C(=O)O)c3ccccc43)[nH]c2c(OC)c1OC. The number of phosphoric ester groups is 2. The van der Waals surface area contributed by atoms with Crippen molar-refractivity contribution < 1.29 is 70.8 Å². The van der Waals surface area contributed by atoms with E-state index in [1.54, 1.807) is 36.4 Å². The number of alkyl halides is 1. The van der Waals surface area contributed by atoms with Gasteiger partial charge >= 0.3 is 21.7 Å². The van der Waals surface area contributed by atoms with Crippen LogP contribution in [0.1, 0.15) is 22.0 Å². The molecule has 22 heteroatoms. The summed E-state index contributed by atoms with van der Waals surface area (Å²) in [6, 6.07) is 11.2. The molecular weight excluding hydrogens is 754 g/mol. The van der Waals surface area contributed by atoms with E-state index in [4.69, 9.17) is 35.4 Å². The fraction of sp³-hybridized carbons (Fsp3) is 0.300. The Balaban J connectivity index is 1.42. The summed E-state index contributed by atoms with van der Waals surface area (Å²) in [6.07, 6.45) is -1.35. The normalized spacial score (nSPS) is 16.2. The van der Waals surface area contributed by atoms with Crippen molar-refractivity contribution in [3.8, 4) is 23.0 Å². The van der Waals surface area contributed by atoms with Crippen LogP contribution in [-0.2, 0) is 27.6 Å². The van der Waals surface area contributed by atoms with Gasteiger partial charge in [-0.15, -0.1) is 16.8 Å². The maximum atomic E-state index is 14.2. The number of carbonyl (C=O) groups is 3. The number of carbonyl (C=O) groups excluding carboxylic acids is 2. The van der Waals surface area contributed by atoms with E-state index >= 15 is 0 Å². The summed E-state index contributed by atoms with van der Waals surface area (Å²) in [7, 11) is -6.37. The van der Waals surface area contributed by atoms with Crippen molar-refractivity contribution in [2.45, 2.75) is 5.92 Å². The second-order valence-electron chi connectivity index (χ2n) is 10.8. The van der Waals surface area contributed by atoms with E-state index in [9.17, 15) is 33.3 Å². The minimum absolute atomic E-state index is 0.116. The van der Waals surface area contributed by atoms with Gasteiger partial charge in [0.2, 0.25) is 5.75 Å². The monoisotopic (exact) mass is 786 g/mol. The number of phosphoric acid groups is 2. The number of hydroxylamine groups is 1. The predicted octanol–water partition coefficient (Wildman–Crippen LogP) is 4.56. The van der Waals surface area contributed by atoms with Crippen LogP contribution < -0.4 is 29.1 Å². The molecule has 0 aliphatic carbocycles. The maximum absolute atomic E-state index is 14.2. The lowest BCUT2D eigenvalue weighted by molar-refractivity contribution is -0.167. The van der Waals surface area contributed by atoms with E-state index in [1.807, 2.05) is 0 Å². The van der Waals surface area contributed by atoms with E-state index in [-0.39, 0.29) is 41.2 Å². The molecule has 2 heterocycles. The number of nitrogens with zero attached hydrogens (tertiary/aromatic N) is 2. The Hall–Kier alpha value is -4.42. The molecule has 1 aromatic heterocycles. The van der Waals surface area contributed by atoms with Crippen LogP contribution in [0.5, 0.6) is 23.0 Å². The van der Waals surface area contributed by atoms with E-state index in [1.165, 1.54) is 32.3 Å². The first-order valence-electron chi connectivity index (χ1n) is 15.1. The highest BCUT2D eigenvalue weighted by Crippen LogP contribution is 2.61. The molecule has 5 rings (SSSR count). The van der Waals surface area contributed by atoms with Gasteiger partial charge < -0.3 is 43.4 Å². The Morgan fingerprint density at radius 1 is 1.04 bits per heavy atom. The summed E-state index contributed by atoms with van der Waals surface area (Å²) in [6.45, 7) is -1.67. The number of anilines is 1. The zero-order valence-corrected chi connectivity index (χ0v) is 30.2. The van der Waals surface area contributed by atoms with Crippen molar-refractivity contribution in [2.24, 2.45) is 0 Å². The molecule has 0 fully saturated rings. The maximum Gasteiger partial charge on any atom is 0.536 e. The fourth-order valence-electron chi connectivity index (χ4n) is 5.69. The standard InChI is InChI=1S/C30H33ClN4O15P2/c1-44-24-13-17-12-21(33-26(17)28(46-3)27(24)45-2)29(37)34-16-18(15-31)25-20-7-5-4-6-19(20)23(14-22(25)34)49-52(42,43)50-51(40,41)48-10-8-32-35(30(38)39)47-11-9-36/h4-7,9,12-14,18,32-33H,8,10-11,15-16H2,1-3H3,(H,38,39)(H,40,41)(H,42,43)/t18-/m1/s1. The Kier molecular flexibility index (Phi) is 12.0. The first-order chi connectivity index (χ1) is 24.8. The number of aromatic amines is 1. The van der Waals surface area contributed by atoms with Gasteiger partial charge in [-0.1, -0.05) is 24.3 Å². The third-order valence-electron chi connectivity index (χ3n) is 7.69. The van der Waals surface area contributed by atoms with Crippen LogP contribution in [-0.4, -0.2) is 96.8 Å². The number of amides is 2. The smallest absolute Gasteiger partial charge is 0.493 e. The number of H-pyrrole nitrogens is 1. The van der Waals surface area contributed by atoms with E-state index in [0.29, 0.717) is 50.2 Å². The minimum atomic E-state index is -5.43. The van der Waals surface area contributed by atoms with Gasteiger partial charge in [-0.25, -0.2) is 24.2 Å². The molecule has 2 amide bonds. The first kappa shape index (κ1) is 38.8. The van der Waals surface area contributed by atoms with Crippen LogP contribution in [0.3, 0.4) is 0 Å². The van der Waals surface area contributed by atoms with Crippen molar-refractivity contribution in [1.82, 2.24) is 15.6 Å². The molecule has 0 radical (unpaired) electrons. The number of fused-ring (bicyclic) bond motifs is 4. The molecule has 5 N–H and O–H groups in total. The van der Waals surface area contributed by atoms with Gasteiger partial charge in [-0.2, -0.15) is 4.31 Å². The summed E-state index contributed by atoms with van der Waals surface area (Å²) < 4.78 is 56.6. The second-order valence-corrected chi connectivity index (χ2v) is 14.1. The lowest BCUT2D eigenvalue weighted by atomic mass is 9.95. The number of nitrogens with one attached hydrogen (secondary N) is 2. The topological polar surface area (TPSA) is 245 Å². The molecule has 0 saturated carbocycles. The Morgan fingerprint density at radius 2 is 1.75 bits per heavy atom. The first-order valence-corrected chi connectivity index (χ1v) is 18.6. The van der Waals surface area contributed by atoms with Crippen LogP contribution >= 0.6 is 27.2 Å². The summed E-state index contributed by atoms with van der Waals surface area (Å²) in [5.41, 5.74) is 3.72. The number of benzene rings is 3. The molecule has 4 aromatic rings. The fourth-order valence-corrected chi connectivity index (χ4v) is 8.03. The summed E-state index contributed by atoms with van der Waals surface area (Å²) in [5.74, 6) is -0.00856. The number of aldehydes is 1. The van der Waals surface area contributed by atoms with Crippen molar-refractivity contribution in [1.29, 1.82) is 0 Å². The number of hydrogen-bond acceptors (Lipinski definition) is 13. The molecule has 3 aromatic carbocycles. The third-order valence-corrected chi connectivity index (χ3v) is 10.6. The number of rotatable bonds is 17. The summed E-state index contributed by atoms with van der Waals surface area (Å²) in [4.78, 5) is 65.5. The number of hydrazine groups is 1. The van der Waals surface area contributed by atoms with Crippen molar-refractivity contribution in [3.05, 3.63) is 53.7 Å². The Morgan fingerprint density at radius 3 is 2.38 bits per heavy atom. The third kappa shape index (κ3) is 8.13. The molecule has 0 bridgehead atoms. The van der Waals surface area contributed by atoms with Gasteiger partial charge in [-0.05, 0) is 23.1 Å². The number of methoxy groups -OCH3 is 3. The minimum Gasteiger partial charge on any atom is -0.493 e. The molecule has 0 spiro atoms. The molecule has 1 aliphatic heterocycles. The largest absolute Gasteiger partial charge is 0.536 e. The number of carboxylic acid groups (broad SMARTS) is 1.